The predicted octanol–water partition coefficient (Wildman–Crippen LogP) is 3.68. The zero-order valence-corrected chi connectivity index (χ0v) is 13.1. The van der Waals surface area contributed by atoms with Gasteiger partial charge in [0.15, 0.2) is 5.78 Å². The third-order valence-corrected chi connectivity index (χ3v) is 4.47. The van der Waals surface area contributed by atoms with E-state index < -0.39 is 11.4 Å². The Morgan fingerprint density at radius 2 is 1.91 bits per heavy atom. The molecule has 0 saturated heterocycles. The smallest absolute Gasteiger partial charge is 0.335 e. The van der Waals surface area contributed by atoms with E-state index in [4.69, 9.17) is 4.74 Å². The summed E-state index contributed by atoms with van der Waals surface area (Å²) >= 11 is 0. The molecular formula is C19H18O4. The lowest BCUT2D eigenvalue weighted by Gasteiger charge is -2.23. The van der Waals surface area contributed by atoms with Crippen molar-refractivity contribution in [1.29, 1.82) is 0 Å². The van der Waals surface area contributed by atoms with Crippen molar-refractivity contribution in [1.82, 2.24) is 0 Å². The lowest BCUT2D eigenvalue weighted by atomic mass is 9.77. The molecule has 4 nitrogen and oxygen atoms in total. The van der Waals surface area contributed by atoms with Gasteiger partial charge in [-0.25, -0.2) is 4.79 Å². The van der Waals surface area contributed by atoms with Crippen LogP contribution in [-0.4, -0.2) is 23.5 Å². The van der Waals surface area contributed by atoms with Crippen LogP contribution in [-0.2, 0) is 5.41 Å². The van der Waals surface area contributed by atoms with Crippen molar-refractivity contribution >= 4 is 11.8 Å². The van der Waals surface area contributed by atoms with Gasteiger partial charge in [0.05, 0.1) is 16.5 Å². The van der Waals surface area contributed by atoms with Crippen LogP contribution in [0.25, 0.3) is 0 Å². The molecule has 1 heterocycles. The van der Waals surface area contributed by atoms with Gasteiger partial charge in [0, 0.05) is 12.0 Å². The summed E-state index contributed by atoms with van der Waals surface area (Å²) in [5.41, 5.74) is 1.82. The molecule has 1 unspecified atom stereocenters. The molecule has 2 aromatic rings. The predicted molar refractivity (Wildman–Crippen MR) is 86.4 cm³/mol. The van der Waals surface area contributed by atoms with Gasteiger partial charge in [-0.1, -0.05) is 37.3 Å². The van der Waals surface area contributed by atoms with Gasteiger partial charge < -0.3 is 9.84 Å². The number of rotatable bonds is 4. The minimum Gasteiger partial charge on any atom is -0.491 e. The van der Waals surface area contributed by atoms with Crippen molar-refractivity contribution in [2.45, 2.75) is 25.7 Å². The first-order valence-electron chi connectivity index (χ1n) is 7.60. The fraction of sp³-hybridized carbons (Fsp3) is 0.263. The first-order valence-corrected chi connectivity index (χ1v) is 7.60. The summed E-state index contributed by atoms with van der Waals surface area (Å²) in [5, 5.41) is 9.38. The summed E-state index contributed by atoms with van der Waals surface area (Å²) in [6, 6.07) is 12.9. The van der Waals surface area contributed by atoms with Gasteiger partial charge in [-0.3, -0.25) is 4.79 Å². The zero-order chi connectivity index (χ0) is 16.6. The molecule has 2 aromatic carbocycles. The summed E-state index contributed by atoms with van der Waals surface area (Å²) < 4.78 is 5.84. The topological polar surface area (TPSA) is 63.6 Å². The highest BCUT2D eigenvalue weighted by Crippen LogP contribution is 2.45. The third kappa shape index (κ3) is 2.40. The van der Waals surface area contributed by atoms with E-state index in [1.54, 1.807) is 13.0 Å². The van der Waals surface area contributed by atoms with Gasteiger partial charge in [0.25, 0.3) is 0 Å². The summed E-state index contributed by atoms with van der Waals surface area (Å²) in [6.07, 6.45) is 0.306. The quantitative estimate of drug-likeness (QED) is 0.875. The Hall–Kier alpha value is -2.62. The molecular weight excluding hydrogens is 292 g/mol. The van der Waals surface area contributed by atoms with E-state index in [0.717, 1.165) is 11.1 Å². The average molecular weight is 310 g/mol. The number of carboxylic acid groups (broad SMARTS) is 1. The van der Waals surface area contributed by atoms with Crippen LogP contribution in [0.4, 0.5) is 0 Å². The molecule has 0 bridgehead atoms. The molecule has 0 aliphatic carbocycles. The molecule has 0 amide bonds. The summed E-state index contributed by atoms with van der Waals surface area (Å²) in [7, 11) is 0. The van der Waals surface area contributed by atoms with Crippen LogP contribution in [0.1, 0.15) is 52.1 Å². The molecule has 1 aliphatic heterocycles. The van der Waals surface area contributed by atoms with Gasteiger partial charge >= 0.3 is 5.97 Å². The second-order valence-electron chi connectivity index (χ2n) is 5.97. The first kappa shape index (κ1) is 15.3. The molecule has 1 atom stereocenters. The van der Waals surface area contributed by atoms with Gasteiger partial charge in [-0.05, 0) is 24.6 Å². The molecule has 0 saturated carbocycles. The second kappa shape index (κ2) is 5.54. The van der Waals surface area contributed by atoms with E-state index in [2.05, 4.69) is 0 Å². The highest BCUT2D eigenvalue weighted by atomic mass is 16.5. The molecule has 1 N–H and O–H groups in total. The number of ketones is 1. The molecule has 3 rings (SSSR count). The number of fused-ring (bicyclic) bond motifs is 1. The minimum atomic E-state index is -1.04. The number of ether oxygens (including phenoxy) is 1. The van der Waals surface area contributed by atoms with Crippen LogP contribution >= 0.6 is 0 Å². The van der Waals surface area contributed by atoms with E-state index in [1.807, 2.05) is 37.3 Å². The Morgan fingerprint density at radius 1 is 1.22 bits per heavy atom. The normalized spacial score (nSPS) is 19.0. The van der Waals surface area contributed by atoms with E-state index in [1.165, 1.54) is 6.07 Å². The highest BCUT2D eigenvalue weighted by Gasteiger charge is 2.40. The Kier molecular flexibility index (Phi) is 3.68. The second-order valence-corrected chi connectivity index (χ2v) is 5.97. The van der Waals surface area contributed by atoms with Crippen molar-refractivity contribution in [3.8, 4) is 5.75 Å². The largest absolute Gasteiger partial charge is 0.491 e. The maximum atomic E-state index is 12.2. The maximum absolute atomic E-state index is 12.2. The fourth-order valence-corrected chi connectivity index (χ4v) is 3.05. The number of benzene rings is 2. The van der Waals surface area contributed by atoms with E-state index in [0.29, 0.717) is 24.3 Å². The number of hydrogen-bond donors (Lipinski definition) is 1. The van der Waals surface area contributed by atoms with Gasteiger partial charge in [-0.15, -0.1) is 0 Å². The number of carbonyl (C=O) groups is 2. The third-order valence-electron chi connectivity index (χ3n) is 4.47. The summed E-state index contributed by atoms with van der Waals surface area (Å²) in [5.74, 6) is -0.630. The number of carbonyl (C=O) groups excluding carboxylic acids is 1. The number of Topliss-reactive ketones (excluding diaryl/α,β-unsaturated/α-hetero) is 1. The van der Waals surface area contributed by atoms with E-state index in [-0.39, 0.29) is 11.3 Å². The van der Waals surface area contributed by atoms with Crippen molar-refractivity contribution in [2.24, 2.45) is 0 Å². The van der Waals surface area contributed by atoms with Crippen molar-refractivity contribution < 1.29 is 19.4 Å². The molecule has 4 heteroatoms. The van der Waals surface area contributed by atoms with Gasteiger partial charge in [0.1, 0.15) is 12.4 Å². The van der Waals surface area contributed by atoms with E-state index >= 15 is 0 Å². The molecule has 0 fully saturated rings. The summed E-state index contributed by atoms with van der Waals surface area (Å²) in [6.45, 7) is 4.16. The van der Waals surface area contributed by atoms with Crippen LogP contribution in [0.3, 0.4) is 0 Å². The SMILES string of the molecule is CCC(=O)c1cc(C(=O)O)cc2c1OCC2(C)c1ccccc1. The maximum Gasteiger partial charge on any atom is 0.335 e. The average Bonchev–Trinajstić information content (AvgIpc) is 2.92. The van der Waals surface area contributed by atoms with E-state index in [9.17, 15) is 14.7 Å². The number of hydrogen-bond acceptors (Lipinski definition) is 3. The Balaban J connectivity index is 2.24. The first-order chi connectivity index (χ1) is 11.0. The zero-order valence-electron chi connectivity index (χ0n) is 13.1. The monoisotopic (exact) mass is 310 g/mol. The van der Waals surface area contributed by atoms with Gasteiger partial charge in [0.2, 0.25) is 0 Å². The van der Waals surface area contributed by atoms with Crippen LogP contribution in [0, 0.1) is 0 Å². The lowest BCUT2D eigenvalue weighted by Crippen LogP contribution is -2.25. The van der Waals surface area contributed by atoms with Crippen LogP contribution in [0.15, 0.2) is 42.5 Å². The minimum absolute atomic E-state index is 0.110. The van der Waals surface area contributed by atoms with Gasteiger partial charge in [-0.2, -0.15) is 0 Å². The molecule has 1 aliphatic rings. The van der Waals surface area contributed by atoms with Crippen molar-refractivity contribution in [2.75, 3.05) is 6.61 Å². The van der Waals surface area contributed by atoms with Crippen molar-refractivity contribution in [3.05, 3.63) is 64.7 Å². The molecule has 0 aromatic heterocycles. The highest BCUT2D eigenvalue weighted by molar-refractivity contribution is 6.02. The fourth-order valence-electron chi connectivity index (χ4n) is 3.05. The molecule has 23 heavy (non-hydrogen) atoms. The lowest BCUT2D eigenvalue weighted by molar-refractivity contribution is 0.0696. The Labute approximate surface area is 134 Å². The van der Waals surface area contributed by atoms with Crippen LogP contribution < -0.4 is 4.74 Å². The summed E-state index contributed by atoms with van der Waals surface area (Å²) in [4.78, 5) is 23.7. The standard InChI is InChI=1S/C19H18O4/c1-3-16(20)14-9-12(18(21)22)10-15-17(14)23-11-19(15,2)13-7-5-4-6-8-13/h4-10H,3,11H2,1-2H3,(H,21,22). The van der Waals surface area contributed by atoms with Crippen LogP contribution in [0.5, 0.6) is 5.75 Å². The number of aromatic carboxylic acids is 1. The molecule has 0 radical (unpaired) electrons. The molecule has 118 valence electrons. The Bertz CT molecular complexity index is 779. The van der Waals surface area contributed by atoms with Crippen molar-refractivity contribution in [3.63, 3.8) is 0 Å². The Morgan fingerprint density at radius 3 is 2.52 bits per heavy atom. The van der Waals surface area contributed by atoms with Crippen LogP contribution in [0.2, 0.25) is 0 Å². The number of carboxylic acids is 1. The molecule has 0 spiro atoms.